The van der Waals surface area contributed by atoms with Crippen molar-refractivity contribution in [1.82, 2.24) is 10.6 Å². The van der Waals surface area contributed by atoms with Crippen LogP contribution in [0.15, 0.2) is 24.3 Å². The molecule has 0 spiro atoms. The van der Waals surface area contributed by atoms with E-state index in [4.69, 9.17) is 5.73 Å². The van der Waals surface area contributed by atoms with Gasteiger partial charge in [0.2, 0.25) is 5.91 Å². The van der Waals surface area contributed by atoms with Crippen molar-refractivity contribution >= 4 is 24.2 Å². The third-order valence-electron chi connectivity index (χ3n) is 5.60. The number of carbonyl (C=O) groups excluding carboxylic acids is 2. The Balaban J connectivity index is 0.00000961. The number of rotatable bonds is 19. The fourth-order valence-corrected chi connectivity index (χ4v) is 3.63. The maximum Gasteiger partial charge on any atom is 0.251 e. The third-order valence-corrected chi connectivity index (χ3v) is 5.60. The first-order chi connectivity index (χ1) is 15.2. The van der Waals surface area contributed by atoms with E-state index in [9.17, 15) is 9.59 Å². The van der Waals surface area contributed by atoms with Crippen molar-refractivity contribution in [3.63, 3.8) is 0 Å². The lowest BCUT2D eigenvalue weighted by Crippen LogP contribution is -2.25. The zero-order valence-electron chi connectivity index (χ0n) is 20.1. The lowest BCUT2D eigenvalue weighted by Gasteiger charge is -2.09. The molecule has 0 aromatic heterocycles. The Bertz CT molecular complexity index is 610. The largest absolute Gasteiger partial charge is 0.352 e. The van der Waals surface area contributed by atoms with Crippen molar-refractivity contribution in [2.24, 2.45) is 5.73 Å². The highest BCUT2D eigenvalue weighted by molar-refractivity contribution is 5.94. The van der Waals surface area contributed by atoms with Gasteiger partial charge in [0.05, 0.1) is 0 Å². The Hall–Kier alpha value is -1.59. The molecule has 0 aliphatic rings. The number of hydrogen-bond acceptors (Lipinski definition) is 3. The van der Waals surface area contributed by atoms with Crippen LogP contribution in [0.1, 0.15) is 113 Å². The van der Waals surface area contributed by atoms with Crippen LogP contribution in [0.4, 0.5) is 0 Å². The van der Waals surface area contributed by atoms with E-state index < -0.39 is 0 Å². The van der Waals surface area contributed by atoms with Crippen LogP contribution < -0.4 is 16.4 Å². The van der Waals surface area contributed by atoms with Gasteiger partial charge in [0.1, 0.15) is 0 Å². The third kappa shape index (κ3) is 16.1. The number of nitrogens with one attached hydrogen (secondary N) is 2. The fraction of sp³-hybridized carbons (Fsp3) is 0.692. The molecule has 1 rings (SSSR count). The molecule has 0 radical (unpaired) electrons. The summed E-state index contributed by atoms with van der Waals surface area (Å²) in [7, 11) is 0. The Morgan fingerprint density at radius 2 is 1.44 bits per heavy atom. The van der Waals surface area contributed by atoms with Gasteiger partial charge in [-0.2, -0.15) is 0 Å². The first-order valence-corrected chi connectivity index (χ1v) is 12.5. The topological polar surface area (TPSA) is 84.2 Å². The van der Waals surface area contributed by atoms with E-state index in [-0.39, 0.29) is 24.2 Å². The number of amides is 2. The van der Waals surface area contributed by atoms with Gasteiger partial charge in [0.15, 0.2) is 0 Å². The molecule has 6 heteroatoms. The molecule has 1 aromatic rings. The molecule has 184 valence electrons. The Kier molecular flexibility index (Phi) is 20.2. The van der Waals surface area contributed by atoms with Gasteiger partial charge >= 0.3 is 0 Å². The van der Waals surface area contributed by atoms with Gasteiger partial charge in [0, 0.05) is 25.1 Å². The van der Waals surface area contributed by atoms with E-state index in [1.807, 2.05) is 24.3 Å². The molecule has 32 heavy (non-hydrogen) atoms. The number of halogens is 1. The Morgan fingerprint density at radius 1 is 0.812 bits per heavy atom. The van der Waals surface area contributed by atoms with Crippen molar-refractivity contribution < 1.29 is 9.59 Å². The standard InChI is InChI=1S/C26H45N3O2.ClH/c1-2-3-4-5-6-7-8-9-10-14-20-28-26(31)24-17-15-16-23(21-24)22-29-25(30)18-12-11-13-19-27;/h15-17,21H,2-14,18-20,22,27H2,1H3,(H,28,31)(H,29,30);1H. The van der Waals surface area contributed by atoms with Crippen molar-refractivity contribution in [2.45, 2.75) is 103 Å². The van der Waals surface area contributed by atoms with Gasteiger partial charge < -0.3 is 16.4 Å². The summed E-state index contributed by atoms with van der Waals surface area (Å²) in [5, 5.41) is 5.95. The van der Waals surface area contributed by atoms with Crippen molar-refractivity contribution in [3.8, 4) is 0 Å². The van der Waals surface area contributed by atoms with Crippen LogP contribution in [0.5, 0.6) is 0 Å². The van der Waals surface area contributed by atoms with Crippen LogP contribution in [0.25, 0.3) is 0 Å². The van der Waals surface area contributed by atoms with Gasteiger partial charge in [-0.3, -0.25) is 9.59 Å². The van der Waals surface area contributed by atoms with E-state index in [0.717, 1.165) is 37.8 Å². The van der Waals surface area contributed by atoms with Crippen LogP contribution in [-0.4, -0.2) is 24.9 Å². The van der Waals surface area contributed by atoms with Crippen LogP contribution in [0.2, 0.25) is 0 Å². The smallest absolute Gasteiger partial charge is 0.251 e. The second kappa shape index (κ2) is 21.3. The van der Waals surface area contributed by atoms with Crippen LogP contribution >= 0.6 is 12.4 Å². The molecule has 1 aromatic carbocycles. The summed E-state index contributed by atoms with van der Waals surface area (Å²) in [4.78, 5) is 24.3. The number of nitrogens with two attached hydrogens (primary N) is 1. The van der Waals surface area contributed by atoms with Crippen LogP contribution in [0, 0.1) is 0 Å². The molecule has 0 saturated heterocycles. The summed E-state index contributed by atoms with van der Waals surface area (Å²) in [6.07, 6.45) is 16.2. The van der Waals surface area contributed by atoms with Crippen molar-refractivity contribution in [2.75, 3.05) is 13.1 Å². The molecule has 0 bridgehead atoms. The summed E-state index contributed by atoms with van der Waals surface area (Å²) < 4.78 is 0. The van der Waals surface area contributed by atoms with E-state index in [0.29, 0.717) is 25.1 Å². The molecule has 5 nitrogen and oxygen atoms in total. The van der Waals surface area contributed by atoms with E-state index in [1.54, 1.807) is 0 Å². The van der Waals surface area contributed by atoms with E-state index in [2.05, 4.69) is 17.6 Å². The molecule has 4 N–H and O–H groups in total. The zero-order chi connectivity index (χ0) is 22.6. The molecule has 2 amide bonds. The highest BCUT2D eigenvalue weighted by atomic mass is 35.5. The Morgan fingerprint density at radius 3 is 2.09 bits per heavy atom. The molecular weight excluding hydrogens is 422 g/mol. The Labute approximate surface area is 202 Å². The van der Waals surface area contributed by atoms with Gasteiger partial charge in [0.25, 0.3) is 5.91 Å². The summed E-state index contributed by atoms with van der Waals surface area (Å²) in [5.41, 5.74) is 7.07. The molecule has 0 aliphatic carbocycles. The minimum Gasteiger partial charge on any atom is -0.352 e. The summed E-state index contributed by atoms with van der Waals surface area (Å²) in [5.74, 6) is 0.0127. The normalized spacial score (nSPS) is 10.4. The van der Waals surface area contributed by atoms with Crippen molar-refractivity contribution in [3.05, 3.63) is 35.4 Å². The number of hydrogen-bond donors (Lipinski definition) is 3. The molecule has 0 unspecified atom stereocenters. The predicted octanol–water partition coefficient (Wildman–Crippen LogP) is 5.89. The van der Waals surface area contributed by atoms with Crippen molar-refractivity contribution in [1.29, 1.82) is 0 Å². The number of unbranched alkanes of at least 4 members (excludes halogenated alkanes) is 11. The van der Waals surface area contributed by atoms with Gasteiger partial charge in [-0.05, 0) is 43.5 Å². The summed E-state index contributed by atoms with van der Waals surface area (Å²) in [6.45, 7) is 4.10. The minimum atomic E-state index is -0.0362. The van der Waals surface area contributed by atoms with Crippen LogP contribution in [-0.2, 0) is 11.3 Å². The number of carbonyl (C=O) groups is 2. The molecular formula is C26H46ClN3O2. The average molecular weight is 468 g/mol. The molecule has 0 atom stereocenters. The first-order valence-electron chi connectivity index (χ1n) is 12.5. The van der Waals surface area contributed by atoms with E-state index >= 15 is 0 Å². The lowest BCUT2D eigenvalue weighted by molar-refractivity contribution is -0.121. The first kappa shape index (κ1) is 30.4. The fourth-order valence-electron chi connectivity index (χ4n) is 3.63. The average Bonchev–Trinajstić information content (AvgIpc) is 2.79. The number of benzene rings is 1. The molecule has 0 heterocycles. The quantitative estimate of drug-likeness (QED) is 0.221. The van der Waals surface area contributed by atoms with Gasteiger partial charge in [-0.25, -0.2) is 0 Å². The molecule has 0 saturated carbocycles. The van der Waals surface area contributed by atoms with Gasteiger partial charge in [-0.15, -0.1) is 12.4 Å². The monoisotopic (exact) mass is 467 g/mol. The summed E-state index contributed by atoms with van der Waals surface area (Å²) >= 11 is 0. The van der Waals surface area contributed by atoms with Crippen LogP contribution in [0.3, 0.4) is 0 Å². The maximum absolute atomic E-state index is 12.4. The highest BCUT2D eigenvalue weighted by Crippen LogP contribution is 2.10. The second-order valence-corrected chi connectivity index (χ2v) is 8.51. The summed E-state index contributed by atoms with van der Waals surface area (Å²) in [6, 6.07) is 7.50. The molecule has 0 fully saturated rings. The SMILES string of the molecule is CCCCCCCCCCCCNC(=O)c1cccc(CNC(=O)CCCCCN)c1.Cl. The van der Waals surface area contributed by atoms with E-state index in [1.165, 1.54) is 57.8 Å². The minimum absolute atomic E-state index is 0. The predicted molar refractivity (Wildman–Crippen MR) is 137 cm³/mol. The molecule has 0 aliphatic heterocycles. The zero-order valence-corrected chi connectivity index (χ0v) is 20.9. The van der Waals surface area contributed by atoms with Gasteiger partial charge in [-0.1, -0.05) is 83.3 Å². The maximum atomic E-state index is 12.4. The highest BCUT2D eigenvalue weighted by Gasteiger charge is 2.07. The lowest BCUT2D eigenvalue weighted by atomic mass is 10.1. The second-order valence-electron chi connectivity index (χ2n) is 8.51.